The molecule has 0 saturated heterocycles. The van der Waals surface area contributed by atoms with E-state index in [1.54, 1.807) is 21.3 Å². The molecule has 1 unspecified atom stereocenters. The highest BCUT2D eigenvalue weighted by molar-refractivity contribution is 6.60. The van der Waals surface area contributed by atoms with E-state index in [1.807, 2.05) is 0 Å². The van der Waals surface area contributed by atoms with Gasteiger partial charge in [-0.1, -0.05) is 104 Å². The van der Waals surface area contributed by atoms with Crippen molar-refractivity contribution >= 4 is 8.80 Å². The molecule has 0 fully saturated rings. The van der Waals surface area contributed by atoms with Gasteiger partial charge in [0.15, 0.2) is 0 Å². The lowest BCUT2D eigenvalue weighted by Gasteiger charge is -2.39. The van der Waals surface area contributed by atoms with Gasteiger partial charge in [-0.05, 0) is 19.3 Å². The molecule has 0 heterocycles. The van der Waals surface area contributed by atoms with Gasteiger partial charge in [-0.15, -0.1) is 0 Å². The molecule has 0 amide bonds. The Labute approximate surface area is 209 Å². The van der Waals surface area contributed by atoms with E-state index in [9.17, 15) is 0 Å². The van der Waals surface area contributed by atoms with Crippen LogP contribution in [0.1, 0.15) is 123 Å². The molecule has 196 valence electrons. The molecule has 0 aliphatic heterocycles. The number of unbranched alkanes of at least 4 members (excludes halogenated alkanes) is 15. The van der Waals surface area contributed by atoms with E-state index in [2.05, 4.69) is 20.9 Å². The Balaban J connectivity index is 0. The summed E-state index contributed by atoms with van der Waals surface area (Å²) in [7, 11) is 4.99. The van der Waals surface area contributed by atoms with Crippen LogP contribution >= 0.6 is 0 Å². The Morgan fingerprint density at radius 3 is 1.16 bits per heavy atom. The molecule has 0 aliphatic rings. The molecule has 0 aromatic rings. The van der Waals surface area contributed by atoms with Crippen molar-refractivity contribution in [2.75, 3.05) is 47.6 Å². The van der Waals surface area contributed by atoms with Crippen molar-refractivity contribution in [2.45, 2.75) is 123 Å². The van der Waals surface area contributed by atoms with Gasteiger partial charge in [-0.2, -0.15) is 0 Å². The van der Waals surface area contributed by atoms with Crippen LogP contribution in [0.15, 0.2) is 0 Å². The van der Waals surface area contributed by atoms with E-state index in [-0.39, 0.29) is 12.4 Å². The minimum Gasteiger partial charge on any atom is -1.00 e. The first-order valence-electron chi connectivity index (χ1n) is 13.5. The minimum atomic E-state index is -2.53. The van der Waals surface area contributed by atoms with Crippen LogP contribution in [0.3, 0.4) is 0 Å². The summed E-state index contributed by atoms with van der Waals surface area (Å²) in [6.07, 6.45) is 24.7. The second kappa shape index (κ2) is 23.1. The number of hydrogen-bond donors (Lipinski definition) is 0. The molecule has 0 aromatic heterocycles. The van der Waals surface area contributed by atoms with Crippen molar-refractivity contribution < 1.29 is 30.2 Å². The molecule has 1 atom stereocenters. The predicted molar refractivity (Wildman–Crippen MR) is 137 cm³/mol. The second-order valence-electron chi connectivity index (χ2n) is 9.82. The van der Waals surface area contributed by atoms with Gasteiger partial charge in [0.05, 0.1) is 20.1 Å². The van der Waals surface area contributed by atoms with Crippen LogP contribution in [-0.4, -0.2) is 60.9 Å². The van der Waals surface area contributed by atoms with Crippen LogP contribution in [0.2, 0.25) is 0 Å². The van der Waals surface area contributed by atoms with Crippen molar-refractivity contribution in [1.82, 2.24) is 0 Å². The first kappa shape index (κ1) is 34.5. The predicted octanol–water partition coefficient (Wildman–Crippen LogP) is 4.53. The average Bonchev–Trinajstić information content (AvgIpc) is 2.77. The van der Waals surface area contributed by atoms with Gasteiger partial charge in [0.25, 0.3) is 0 Å². The molecule has 32 heavy (non-hydrogen) atoms. The Bertz CT molecular complexity index is 378. The Morgan fingerprint density at radius 1 is 0.500 bits per heavy atom. The zero-order valence-electron chi connectivity index (χ0n) is 22.7. The smallest absolute Gasteiger partial charge is 0.558 e. The maximum atomic E-state index is 5.69. The average molecular weight is 496 g/mol. The third-order valence-electron chi connectivity index (χ3n) is 6.82. The number of hydrogen-bond acceptors (Lipinski definition) is 3. The van der Waals surface area contributed by atoms with Crippen LogP contribution in [-0.2, 0) is 13.3 Å². The largest absolute Gasteiger partial charge is 1.00 e. The summed E-state index contributed by atoms with van der Waals surface area (Å²) in [5, 5.41) is 0. The maximum Gasteiger partial charge on any atom is 0.558 e. The number of nitrogens with zero attached hydrogens (tertiary/aromatic N) is 1. The normalized spacial score (nSPS) is 13.7. The Hall–Kier alpha value is 0.347. The quantitative estimate of drug-likeness (QED) is 0.112. The third kappa shape index (κ3) is 17.8. The lowest BCUT2D eigenvalue weighted by Crippen LogP contribution is -3.00. The van der Waals surface area contributed by atoms with Crippen LogP contribution in [0.5, 0.6) is 0 Å². The molecule has 0 N–H and O–H groups in total. The van der Waals surface area contributed by atoms with Gasteiger partial charge in [0.1, 0.15) is 6.17 Å². The van der Waals surface area contributed by atoms with Crippen LogP contribution in [0, 0.1) is 0 Å². The molecular formula is C26H58ClNO3Si. The number of quaternary nitrogens is 1. The number of halogens is 1. The van der Waals surface area contributed by atoms with E-state index in [4.69, 9.17) is 13.3 Å². The molecule has 6 heteroatoms. The first-order chi connectivity index (χ1) is 15.0. The van der Waals surface area contributed by atoms with E-state index in [0.29, 0.717) is 0 Å². The number of rotatable bonds is 24. The summed E-state index contributed by atoms with van der Waals surface area (Å²) in [5.41, 5.74) is 0. The summed E-state index contributed by atoms with van der Waals surface area (Å²) < 4.78 is 18.1. The summed E-state index contributed by atoms with van der Waals surface area (Å²) in [5.74, 6) is 0. The standard InChI is InChI=1S/C26H58NO3Si.ClH/c1-7-9-10-11-12-13-14-15-16-17-18-19-20-21-22-23-25-27(3,24-8-2)26-31(28-4,29-5)30-6;/h7-26H2,1-6H3;1H/q+1;/p-1. The fraction of sp³-hybridized carbons (Fsp3) is 1.00. The van der Waals surface area contributed by atoms with Crippen LogP contribution in [0.4, 0.5) is 0 Å². The van der Waals surface area contributed by atoms with E-state index >= 15 is 0 Å². The maximum absolute atomic E-state index is 5.69. The summed E-state index contributed by atoms with van der Waals surface area (Å²) in [4.78, 5) is 0. The Morgan fingerprint density at radius 2 is 0.844 bits per heavy atom. The summed E-state index contributed by atoms with van der Waals surface area (Å²) in [6.45, 7) is 6.91. The highest BCUT2D eigenvalue weighted by Gasteiger charge is 2.46. The highest BCUT2D eigenvalue weighted by atomic mass is 35.5. The fourth-order valence-corrected chi connectivity index (χ4v) is 6.90. The van der Waals surface area contributed by atoms with Crippen molar-refractivity contribution in [2.24, 2.45) is 0 Å². The van der Waals surface area contributed by atoms with E-state index in [0.717, 1.165) is 17.2 Å². The molecule has 0 rings (SSSR count). The van der Waals surface area contributed by atoms with Gasteiger partial charge in [-0.3, -0.25) is 0 Å². The van der Waals surface area contributed by atoms with Gasteiger partial charge in [-0.25, -0.2) is 0 Å². The van der Waals surface area contributed by atoms with Crippen molar-refractivity contribution in [3.63, 3.8) is 0 Å². The monoisotopic (exact) mass is 495 g/mol. The van der Waals surface area contributed by atoms with Crippen molar-refractivity contribution in [3.8, 4) is 0 Å². The lowest BCUT2D eigenvalue weighted by atomic mass is 10.0. The van der Waals surface area contributed by atoms with Crippen LogP contribution in [0.25, 0.3) is 0 Å². The van der Waals surface area contributed by atoms with E-state index < -0.39 is 8.80 Å². The molecule has 0 aliphatic carbocycles. The first-order valence-corrected chi connectivity index (χ1v) is 15.4. The van der Waals surface area contributed by atoms with Crippen molar-refractivity contribution in [1.29, 1.82) is 0 Å². The van der Waals surface area contributed by atoms with Crippen LogP contribution < -0.4 is 12.4 Å². The SMILES string of the molecule is CCCCCCCCCCCCCCCCCC[N+](C)(CCC)C[Si](OC)(OC)OC.[Cl-]. The summed E-state index contributed by atoms with van der Waals surface area (Å²) >= 11 is 0. The van der Waals surface area contributed by atoms with Gasteiger partial charge < -0.3 is 30.2 Å². The zero-order chi connectivity index (χ0) is 23.3. The van der Waals surface area contributed by atoms with Gasteiger partial charge in [0, 0.05) is 21.3 Å². The molecule has 0 saturated carbocycles. The molecule has 0 spiro atoms. The van der Waals surface area contributed by atoms with E-state index in [1.165, 1.54) is 116 Å². The fourth-order valence-electron chi connectivity index (χ4n) is 4.76. The molecule has 0 bridgehead atoms. The topological polar surface area (TPSA) is 27.7 Å². The second-order valence-corrected chi connectivity index (χ2v) is 12.7. The van der Waals surface area contributed by atoms with Gasteiger partial charge in [0.2, 0.25) is 0 Å². The highest BCUT2D eigenvalue weighted by Crippen LogP contribution is 2.18. The Kier molecular flexibility index (Phi) is 24.9. The molecular weight excluding hydrogens is 438 g/mol. The third-order valence-corrected chi connectivity index (χ3v) is 9.84. The van der Waals surface area contributed by atoms with Crippen molar-refractivity contribution in [3.05, 3.63) is 0 Å². The van der Waals surface area contributed by atoms with Gasteiger partial charge >= 0.3 is 8.80 Å². The molecule has 4 nitrogen and oxygen atoms in total. The molecule has 0 radical (unpaired) electrons. The summed E-state index contributed by atoms with van der Waals surface area (Å²) in [6, 6.07) is 0. The lowest BCUT2D eigenvalue weighted by molar-refractivity contribution is -0.902. The minimum absolute atomic E-state index is 0. The zero-order valence-corrected chi connectivity index (χ0v) is 24.4. The molecule has 0 aromatic carbocycles.